The van der Waals surface area contributed by atoms with Crippen molar-refractivity contribution in [2.45, 2.75) is 18.0 Å². The molecule has 0 spiro atoms. The first-order chi connectivity index (χ1) is 11.9. The normalized spacial score (nSPS) is 11.6. The summed E-state index contributed by atoms with van der Waals surface area (Å²) in [6, 6.07) is 12.0. The molecule has 0 unspecified atom stereocenters. The van der Waals surface area contributed by atoms with Crippen LogP contribution >= 0.6 is 15.9 Å². The minimum atomic E-state index is -3.95. The summed E-state index contributed by atoms with van der Waals surface area (Å²) < 4.78 is 25.8. The average molecular weight is 424 g/mol. The molecule has 0 aliphatic carbocycles. The highest BCUT2D eigenvalue weighted by molar-refractivity contribution is 9.10. The molecular formula is C15H14BrN5O3S. The maximum absolute atomic E-state index is 11.9. The molecule has 8 nitrogen and oxygen atoms in total. The topological polar surface area (TPSA) is 124 Å². The number of aromatic nitrogens is 4. The summed E-state index contributed by atoms with van der Waals surface area (Å²) in [7, 11) is -3.95. The van der Waals surface area contributed by atoms with Gasteiger partial charge in [0.25, 0.3) is 0 Å². The molecule has 3 aromatic rings. The first-order valence-electron chi connectivity index (χ1n) is 7.16. The van der Waals surface area contributed by atoms with Gasteiger partial charge in [0.1, 0.15) is 0 Å². The minimum absolute atomic E-state index is 0.0366. The first-order valence-corrected chi connectivity index (χ1v) is 9.50. The SMILES string of the molecule is NS(=O)(=O)c1cccc(Br)c1-c1nnnn1Cc1ccc(CO)cc1. The van der Waals surface area contributed by atoms with Gasteiger partial charge in [-0.25, -0.2) is 18.2 Å². The van der Waals surface area contributed by atoms with Crippen molar-refractivity contribution in [3.8, 4) is 11.4 Å². The highest BCUT2D eigenvalue weighted by Gasteiger charge is 2.22. The van der Waals surface area contributed by atoms with Crippen molar-refractivity contribution in [2.75, 3.05) is 0 Å². The molecular weight excluding hydrogens is 410 g/mol. The summed E-state index contributed by atoms with van der Waals surface area (Å²) in [5.74, 6) is 0.280. The van der Waals surface area contributed by atoms with Gasteiger partial charge < -0.3 is 5.11 Å². The molecule has 0 aliphatic heterocycles. The lowest BCUT2D eigenvalue weighted by Crippen LogP contribution is -2.15. The molecule has 0 atom stereocenters. The summed E-state index contributed by atoms with van der Waals surface area (Å²) in [6.45, 7) is 0.296. The van der Waals surface area contributed by atoms with Crippen LogP contribution in [0.25, 0.3) is 11.4 Å². The van der Waals surface area contributed by atoms with Gasteiger partial charge in [0.05, 0.1) is 23.6 Å². The van der Waals surface area contributed by atoms with E-state index >= 15 is 0 Å². The number of hydrogen-bond acceptors (Lipinski definition) is 6. The second-order valence-electron chi connectivity index (χ2n) is 5.29. The molecule has 1 heterocycles. The molecule has 0 saturated heterocycles. The molecule has 0 saturated carbocycles. The Bertz CT molecular complexity index is 1000. The van der Waals surface area contributed by atoms with Gasteiger partial charge in [0.2, 0.25) is 10.0 Å². The standard InChI is InChI=1S/C15H14BrN5O3S/c16-12-2-1-3-13(25(17,23)24)14(12)15-18-19-20-21(15)8-10-4-6-11(9-22)7-5-10/h1-7,22H,8-9H2,(H2,17,23,24). The Labute approximate surface area is 152 Å². The van der Waals surface area contributed by atoms with Crippen LogP contribution in [0.3, 0.4) is 0 Å². The number of aliphatic hydroxyl groups is 1. The number of hydrogen-bond donors (Lipinski definition) is 2. The lowest BCUT2D eigenvalue weighted by atomic mass is 10.1. The van der Waals surface area contributed by atoms with Crippen LogP contribution in [0.1, 0.15) is 11.1 Å². The van der Waals surface area contributed by atoms with Crippen molar-refractivity contribution >= 4 is 26.0 Å². The molecule has 3 N–H and O–H groups in total. The summed E-state index contributed by atoms with van der Waals surface area (Å²) in [5, 5.41) is 26.0. The quantitative estimate of drug-likeness (QED) is 0.636. The van der Waals surface area contributed by atoms with Gasteiger partial charge in [-0.15, -0.1) is 5.10 Å². The van der Waals surface area contributed by atoms with Gasteiger partial charge in [-0.05, 0) is 49.6 Å². The maximum atomic E-state index is 11.9. The molecule has 0 fully saturated rings. The van der Waals surface area contributed by atoms with Crippen molar-refractivity contribution in [3.63, 3.8) is 0 Å². The van der Waals surface area contributed by atoms with E-state index in [9.17, 15) is 8.42 Å². The molecule has 0 radical (unpaired) electrons. The Morgan fingerprint density at radius 1 is 1.12 bits per heavy atom. The second kappa shape index (κ2) is 7.00. The fourth-order valence-electron chi connectivity index (χ4n) is 2.37. The predicted octanol–water partition coefficient (Wildman–Crippen LogP) is 1.29. The van der Waals surface area contributed by atoms with Gasteiger partial charge in [0.15, 0.2) is 5.82 Å². The van der Waals surface area contributed by atoms with E-state index in [1.165, 1.54) is 10.7 Å². The number of halogens is 1. The van der Waals surface area contributed by atoms with Crippen molar-refractivity contribution in [3.05, 3.63) is 58.1 Å². The van der Waals surface area contributed by atoms with Gasteiger partial charge in [-0.3, -0.25) is 0 Å². The van der Waals surface area contributed by atoms with E-state index < -0.39 is 10.0 Å². The second-order valence-corrected chi connectivity index (χ2v) is 7.68. The van der Waals surface area contributed by atoms with Crippen LogP contribution in [0, 0.1) is 0 Å². The number of rotatable bonds is 5. The molecule has 130 valence electrons. The average Bonchev–Trinajstić information content (AvgIpc) is 3.02. The van der Waals surface area contributed by atoms with Gasteiger partial charge >= 0.3 is 0 Å². The largest absolute Gasteiger partial charge is 0.392 e. The summed E-state index contributed by atoms with van der Waals surface area (Å²) in [5.41, 5.74) is 2.00. The summed E-state index contributed by atoms with van der Waals surface area (Å²) in [6.07, 6.45) is 0. The fourth-order valence-corrected chi connectivity index (χ4v) is 3.80. The van der Waals surface area contributed by atoms with Crippen LogP contribution in [-0.2, 0) is 23.2 Å². The lowest BCUT2D eigenvalue weighted by molar-refractivity contribution is 0.282. The zero-order valence-corrected chi connectivity index (χ0v) is 15.3. The van der Waals surface area contributed by atoms with Crippen LogP contribution in [0.2, 0.25) is 0 Å². The Hall–Kier alpha value is -2.14. The highest BCUT2D eigenvalue weighted by atomic mass is 79.9. The lowest BCUT2D eigenvalue weighted by Gasteiger charge is -2.10. The monoisotopic (exact) mass is 423 g/mol. The molecule has 0 amide bonds. The highest BCUT2D eigenvalue weighted by Crippen LogP contribution is 2.32. The van der Waals surface area contributed by atoms with Gasteiger partial charge in [0, 0.05) is 4.47 Å². The molecule has 10 heteroatoms. The number of sulfonamides is 1. The van der Waals surface area contributed by atoms with E-state index in [1.54, 1.807) is 24.3 Å². The van der Waals surface area contributed by atoms with E-state index in [2.05, 4.69) is 31.5 Å². The van der Waals surface area contributed by atoms with E-state index in [0.717, 1.165) is 11.1 Å². The van der Waals surface area contributed by atoms with Crippen LogP contribution < -0.4 is 5.14 Å². The number of benzene rings is 2. The number of primary sulfonamides is 1. The van der Waals surface area contributed by atoms with E-state index in [0.29, 0.717) is 16.6 Å². The maximum Gasteiger partial charge on any atom is 0.238 e. The van der Waals surface area contributed by atoms with Gasteiger partial charge in [-0.2, -0.15) is 0 Å². The summed E-state index contributed by atoms with van der Waals surface area (Å²) in [4.78, 5) is -0.0615. The predicted molar refractivity (Wildman–Crippen MR) is 93.8 cm³/mol. The molecule has 1 aromatic heterocycles. The number of tetrazole rings is 1. The Balaban J connectivity index is 2.05. The van der Waals surface area contributed by atoms with E-state index in [4.69, 9.17) is 10.2 Å². The number of aliphatic hydroxyl groups excluding tert-OH is 1. The zero-order valence-electron chi connectivity index (χ0n) is 12.9. The Morgan fingerprint density at radius 2 is 1.80 bits per heavy atom. The van der Waals surface area contributed by atoms with Crippen molar-refractivity contribution < 1.29 is 13.5 Å². The molecule has 25 heavy (non-hydrogen) atoms. The third kappa shape index (κ3) is 3.76. The summed E-state index contributed by atoms with van der Waals surface area (Å²) >= 11 is 3.34. The van der Waals surface area contributed by atoms with Crippen LogP contribution in [0.5, 0.6) is 0 Å². The first kappa shape index (κ1) is 17.7. The molecule has 0 bridgehead atoms. The molecule has 2 aromatic carbocycles. The molecule has 3 rings (SSSR count). The van der Waals surface area contributed by atoms with Crippen molar-refractivity contribution in [1.29, 1.82) is 0 Å². The third-order valence-electron chi connectivity index (χ3n) is 3.58. The zero-order chi connectivity index (χ0) is 18.0. The Kier molecular flexibility index (Phi) is 4.95. The van der Waals surface area contributed by atoms with Crippen molar-refractivity contribution in [1.82, 2.24) is 20.2 Å². The van der Waals surface area contributed by atoms with Gasteiger partial charge in [-0.1, -0.05) is 30.3 Å². The minimum Gasteiger partial charge on any atom is -0.392 e. The number of nitrogens with two attached hydrogens (primary N) is 1. The van der Waals surface area contributed by atoms with Crippen molar-refractivity contribution in [2.24, 2.45) is 5.14 Å². The molecule has 0 aliphatic rings. The third-order valence-corrected chi connectivity index (χ3v) is 5.19. The van der Waals surface area contributed by atoms with E-state index in [-0.39, 0.29) is 17.3 Å². The van der Waals surface area contributed by atoms with E-state index in [1.807, 2.05) is 12.1 Å². The smallest absolute Gasteiger partial charge is 0.238 e. The van der Waals surface area contributed by atoms with Crippen LogP contribution in [0.15, 0.2) is 51.8 Å². The fraction of sp³-hybridized carbons (Fsp3) is 0.133. The van der Waals surface area contributed by atoms with Crippen LogP contribution in [0.4, 0.5) is 0 Å². The van der Waals surface area contributed by atoms with Crippen LogP contribution in [-0.4, -0.2) is 33.7 Å². The Morgan fingerprint density at radius 3 is 2.44 bits per heavy atom. The number of nitrogens with zero attached hydrogens (tertiary/aromatic N) is 4.